The molecule has 3 unspecified atom stereocenters. The van der Waals surface area contributed by atoms with E-state index in [9.17, 15) is 0 Å². The summed E-state index contributed by atoms with van der Waals surface area (Å²) < 4.78 is 0. The first-order valence-corrected chi connectivity index (χ1v) is 5.81. The van der Waals surface area contributed by atoms with Gasteiger partial charge in [-0.25, -0.2) is 9.97 Å². The minimum absolute atomic E-state index is 0.684. The average Bonchev–Trinajstić information content (AvgIpc) is 2.91. The number of hydrogen-bond acceptors (Lipinski definition) is 3. The zero-order valence-electron chi connectivity index (χ0n) is 9.30. The monoisotopic (exact) mass is 203 g/mol. The summed E-state index contributed by atoms with van der Waals surface area (Å²) in [6, 6.07) is 3.49. The van der Waals surface area contributed by atoms with Crippen molar-refractivity contribution in [1.82, 2.24) is 9.97 Å². The van der Waals surface area contributed by atoms with E-state index in [1.165, 1.54) is 12.8 Å². The second-order valence-corrected chi connectivity index (χ2v) is 5.09. The van der Waals surface area contributed by atoms with Gasteiger partial charge >= 0.3 is 0 Å². The molecule has 3 rings (SSSR count). The molecule has 2 heterocycles. The van der Waals surface area contributed by atoms with E-state index in [4.69, 9.17) is 0 Å². The molecule has 1 aliphatic heterocycles. The van der Waals surface area contributed by atoms with Crippen molar-refractivity contribution in [2.24, 2.45) is 11.8 Å². The first kappa shape index (κ1) is 9.13. The van der Waals surface area contributed by atoms with Crippen LogP contribution in [0, 0.1) is 11.8 Å². The molecule has 0 bridgehead atoms. The molecule has 0 N–H and O–H groups in total. The molecule has 1 aromatic rings. The second-order valence-electron chi connectivity index (χ2n) is 5.09. The Hall–Kier alpha value is -1.12. The number of nitrogens with zero attached hydrogens (tertiary/aromatic N) is 3. The summed E-state index contributed by atoms with van der Waals surface area (Å²) in [7, 11) is 0. The van der Waals surface area contributed by atoms with Crippen molar-refractivity contribution >= 4 is 5.82 Å². The maximum absolute atomic E-state index is 4.39. The van der Waals surface area contributed by atoms with Gasteiger partial charge in [-0.15, -0.1) is 0 Å². The van der Waals surface area contributed by atoms with Crippen LogP contribution < -0.4 is 4.90 Å². The molecule has 2 aliphatic rings. The van der Waals surface area contributed by atoms with Crippen LogP contribution in [0.5, 0.6) is 0 Å². The Kier molecular flexibility index (Phi) is 1.94. The van der Waals surface area contributed by atoms with Crippen LogP contribution >= 0.6 is 0 Å². The molecule has 0 spiro atoms. The molecule has 1 aromatic heterocycles. The Balaban J connectivity index is 1.90. The standard InChI is InChI=1S/C12H17N3/c1-8(2)10-5-9-6-11(9)15(10)12-3-4-13-7-14-12/h3-4,7-11H,5-6H2,1-2H3. The van der Waals surface area contributed by atoms with Crippen LogP contribution in [0.4, 0.5) is 5.82 Å². The van der Waals surface area contributed by atoms with Gasteiger partial charge in [0.05, 0.1) is 0 Å². The summed E-state index contributed by atoms with van der Waals surface area (Å²) in [5, 5.41) is 0. The minimum Gasteiger partial charge on any atom is -0.350 e. The molecule has 0 radical (unpaired) electrons. The van der Waals surface area contributed by atoms with Gasteiger partial charge in [-0.05, 0) is 30.7 Å². The van der Waals surface area contributed by atoms with Crippen LogP contribution in [0.2, 0.25) is 0 Å². The number of anilines is 1. The fourth-order valence-electron chi connectivity index (χ4n) is 2.86. The van der Waals surface area contributed by atoms with E-state index >= 15 is 0 Å². The molecule has 0 aromatic carbocycles. The highest BCUT2D eigenvalue weighted by Crippen LogP contribution is 2.50. The van der Waals surface area contributed by atoms with E-state index in [1.54, 1.807) is 6.33 Å². The van der Waals surface area contributed by atoms with Crippen LogP contribution in [-0.2, 0) is 0 Å². The fraction of sp³-hybridized carbons (Fsp3) is 0.667. The highest BCUT2D eigenvalue weighted by Gasteiger charge is 2.52. The second kappa shape index (κ2) is 3.19. The summed E-state index contributed by atoms with van der Waals surface area (Å²) in [5.41, 5.74) is 0. The van der Waals surface area contributed by atoms with Gasteiger partial charge in [-0.2, -0.15) is 0 Å². The van der Waals surface area contributed by atoms with E-state index in [1.807, 2.05) is 12.3 Å². The van der Waals surface area contributed by atoms with Crippen LogP contribution in [-0.4, -0.2) is 22.1 Å². The Morgan fingerprint density at radius 2 is 2.27 bits per heavy atom. The van der Waals surface area contributed by atoms with Crippen molar-refractivity contribution in [2.75, 3.05) is 4.90 Å². The number of fused-ring (bicyclic) bond motifs is 1. The highest BCUT2D eigenvalue weighted by molar-refractivity contribution is 5.45. The lowest BCUT2D eigenvalue weighted by molar-refractivity contribution is 0.455. The van der Waals surface area contributed by atoms with Gasteiger partial charge < -0.3 is 4.90 Å². The Morgan fingerprint density at radius 1 is 1.40 bits per heavy atom. The number of hydrogen-bond donors (Lipinski definition) is 0. The Labute approximate surface area is 90.5 Å². The SMILES string of the molecule is CC(C)C1CC2CC2N1c1ccncn1. The third kappa shape index (κ3) is 1.41. The van der Waals surface area contributed by atoms with Crippen molar-refractivity contribution in [3.05, 3.63) is 18.6 Å². The summed E-state index contributed by atoms with van der Waals surface area (Å²) in [5.74, 6) is 2.77. The van der Waals surface area contributed by atoms with Gasteiger partial charge in [0.25, 0.3) is 0 Å². The van der Waals surface area contributed by atoms with Gasteiger partial charge in [-0.1, -0.05) is 13.8 Å². The Morgan fingerprint density at radius 3 is 2.93 bits per heavy atom. The van der Waals surface area contributed by atoms with Gasteiger partial charge in [0, 0.05) is 18.3 Å². The molecule has 3 atom stereocenters. The van der Waals surface area contributed by atoms with Crippen molar-refractivity contribution in [1.29, 1.82) is 0 Å². The lowest BCUT2D eigenvalue weighted by atomic mass is 10.00. The molecule has 1 saturated heterocycles. The van der Waals surface area contributed by atoms with E-state index in [2.05, 4.69) is 28.7 Å². The lowest BCUT2D eigenvalue weighted by Gasteiger charge is -2.31. The zero-order valence-corrected chi connectivity index (χ0v) is 9.30. The molecular weight excluding hydrogens is 186 g/mol. The third-order valence-electron chi connectivity index (χ3n) is 3.74. The summed E-state index contributed by atoms with van der Waals surface area (Å²) in [6.45, 7) is 4.62. The predicted molar refractivity (Wildman–Crippen MR) is 59.6 cm³/mol. The van der Waals surface area contributed by atoms with Crippen LogP contribution in [0.3, 0.4) is 0 Å². The van der Waals surface area contributed by atoms with Gasteiger partial charge in [-0.3, -0.25) is 0 Å². The maximum Gasteiger partial charge on any atom is 0.132 e. The van der Waals surface area contributed by atoms with E-state index in [0.717, 1.165) is 17.8 Å². The van der Waals surface area contributed by atoms with Gasteiger partial charge in [0.15, 0.2) is 0 Å². The first-order valence-electron chi connectivity index (χ1n) is 5.81. The molecule has 80 valence electrons. The molecular formula is C12H17N3. The fourth-order valence-corrected chi connectivity index (χ4v) is 2.86. The molecule has 0 amide bonds. The molecule has 3 heteroatoms. The van der Waals surface area contributed by atoms with Crippen molar-refractivity contribution in [3.8, 4) is 0 Å². The van der Waals surface area contributed by atoms with Gasteiger partial charge in [0.2, 0.25) is 0 Å². The van der Waals surface area contributed by atoms with Crippen molar-refractivity contribution in [3.63, 3.8) is 0 Å². The third-order valence-corrected chi connectivity index (χ3v) is 3.74. The van der Waals surface area contributed by atoms with Crippen LogP contribution in [0.25, 0.3) is 0 Å². The van der Waals surface area contributed by atoms with Crippen LogP contribution in [0.1, 0.15) is 26.7 Å². The maximum atomic E-state index is 4.39. The van der Waals surface area contributed by atoms with E-state index in [-0.39, 0.29) is 0 Å². The van der Waals surface area contributed by atoms with E-state index < -0.39 is 0 Å². The molecule has 1 saturated carbocycles. The average molecular weight is 203 g/mol. The predicted octanol–water partition coefficient (Wildman–Crippen LogP) is 2.10. The zero-order chi connectivity index (χ0) is 10.4. The summed E-state index contributed by atoms with van der Waals surface area (Å²) in [4.78, 5) is 10.9. The first-order chi connectivity index (χ1) is 7.27. The lowest BCUT2D eigenvalue weighted by Crippen LogP contribution is -2.37. The van der Waals surface area contributed by atoms with Gasteiger partial charge in [0.1, 0.15) is 12.1 Å². The van der Waals surface area contributed by atoms with Crippen LogP contribution in [0.15, 0.2) is 18.6 Å². The molecule has 15 heavy (non-hydrogen) atoms. The molecule has 3 nitrogen and oxygen atoms in total. The quantitative estimate of drug-likeness (QED) is 0.737. The number of rotatable bonds is 2. The van der Waals surface area contributed by atoms with E-state index in [0.29, 0.717) is 12.0 Å². The molecule has 2 fully saturated rings. The largest absolute Gasteiger partial charge is 0.350 e. The Bertz CT molecular complexity index is 349. The topological polar surface area (TPSA) is 29.0 Å². The van der Waals surface area contributed by atoms with Crippen molar-refractivity contribution in [2.45, 2.75) is 38.8 Å². The number of aromatic nitrogens is 2. The normalized spacial score (nSPS) is 33.3. The molecule has 1 aliphatic carbocycles. The van der Waals surface area contributed by atoms with Crippen molar-refractivity contribution < 1.29 is 0 Å². The highest BCUT2D eigenvalue weighted by atomic mass is 15.3. The number of piperidine rings is 1. The summed E-state index contributed by atoms with van der Waals surface area (Å²) >= 11 is 0. The smallest absolute Gasteiger partial charge is 0.132 e. The minimum atomic E-state index is 0.684. The summed E-state index contributed by atoms with van der Waals surface area (Å²) in [6.07, 6.45) is 6.22.